The van der Waals surface area contributed by atoms with Crippen molar-refractivity contribution in [3.8, 4) is 0 Å². The van der Waals surface area contributed by atoms with Crippen molar-refractivity contribution in [2.24, 2.45) is 7.05 Å². The van der Waals surface area contributed by atoms with Gasteiger partial charge in [-0.25, -0.2) is 9.97 Å². The number of nitrogens with one attached hydrogen (secondary N) is 1. The summed E-state index contributed by atoms with van der Waals surface area (Å²) in [5.74, 6) is 0.681. The van der Waals surface area contributed by atoms with Crippen molar-refractivity contribution in [3.05, 3.63) is 41.7 Å². The Morgan fingerprint density at radius 2 is 2.10 bits per heavy atom. The molecule has 2 rings (SSSR count). The number of nitrogens with zero attached hydrogens (tertiary/aromatic N) is 4. The van der Waals surface area contributed by atoms with Gasteiger partial charge in [-0.3, -0.25) is 9.48 Å². The highest BCUT2D eigenvalue weighted by Gasteiger charge is 2.18. The number of hydrogen-bond donors (Lipinski definition) is 1. The molecule has 2 heterocycles. The van der Waals surface area contributed by atoms with Crippen LogP contribution in [0.2, 0.25) is 0 Å². The van der Waals surface area contributed by atoms with Gasteiger partial charge in [-0.05, 0) is 18.6 Å². The first-order valence-electron chi connectivity index (χ1n) is 7.14. The minimum atomic E-state index is -0.188. The molecular weight excluding hydrogens is 266 g/mol. The third-order valence-electron chi connectivity index (χ3n) is 3.35. The smallest absolute Gasteiger partial charge is 0.270 e. The van der Waals surface area contributed by atoms with Crippen molar-refractivity contribution in [1.82, 2.24) is 25.1 Å². The summed E-state index contributed by atoms with van der Waals surface area (Å²) in [5, 5.41) is 7.14. The van der Waals surface area contributed by atoms with Gasteiger partial charge in [0.2, 0.25) is 0 Å². The van der Waals surface area contributed by atoms with E-state index in [0.717, 1.165) is 12.1 Å². The normalized spacial score (nSPS) is 12.4. The second-order valence-corrected chi connectivity index (χ2v) is 5.27. The van der Waals surface area contributed by atoms with Gasteiger partial charge in [0.05, 0.1) is 11.7 Å². The Bertz CT molecular complexity index is 620. The van der Waals surface area contributed by atoms with Gasteiger partial charge in [-0.2, -0.15) is 5.10 Å². The van der Waals surface area contributed by atoms with Crippen LogP contribution in [0.1, 0.15) is 61.2 Å². The fraction of sp³-hybridized carbons (Fsp3) is 0.467. The lowest BCUT2D eigenvalue weighted by Gasteiger charge is -2.17. The minimum absolute atomic E-state index is 0.0811. The zero-order valence-electron chi connectivity index (χ0n) is 12.9. The van der Waals surface area contributed by atoms with Gasteiger partial charge in [0.1, 0.15) is 11.5 Å². The van der Waals surface area contributed by atoms with Crippen LogP contribution in [0.4, 0.5) is 0 Å². The first kappa shape index (κ1) is 15.2. The van der Waals surface area contributed by atoms with Crippen LogP contribution in [0.15, 0.2) is 24.5 Å². The molecule has 0 bridgehead atoms. The van der Waals surface area contributed by atoms with E-state index in [0.29, 0.717) is 11.5 Å². The van der Waals surface area contributed by atoms with Gasteiger partial charge in [0, 0.05) is 25.4 Å². The van der Waals surface area contributed by atoms with Crippen LogP contribution >= 0.6 is 0 Å². The highest BCUT2D eigenvalue weighted by atomic mass is 16.1. The predicted octanol–water partition coefficient (Wildman–Crippen LogP) is 2.21. The average molecular weight is 287 g/mol. The third-order valence-corrected chi connectivity index (χ3v) is 3.35. The quantitative estimate of drug-likeness (QED) is 0.915. The molecular formula is C15H21N5O. The zero-order chi connectivity index (χ0) is 15.4. The molecule has 2 aromatic heterocycles. The number of carbonyl (C=O) groups excluding carboxylic acids is 1. The molecule has 21 heavy (non-hydrogen) atoms. The van der Waals surface area contributed by atoms with Crippen LogP contribution in [-0.4, -0.2) is 25.7 Å². The summed E-state index contributed by atoms with van der Waals surface area (Å²) in [5.41, 5.74) is 1.37. The molecule has 112 valence electrons. The van der Waals surface area contributed by atoms with Crippen molar-refractivity contribution in [2.45, 2.75) is 39.2 Å². The first-order chi connectivity index (χ1) is 10.0. The lowest BCUT2D eigenvalue weighted by molar-refractivity contribution is 0.0928. The number of aromatic nitrogens is 4. The number of aryl methyl sites for hydroxylation is 1. The second-order valence-electron chi connectivity index (χ2n) is 5.27. The Morgan fingerprint density at radius 3 is 2.67 bits per heavy atom. The van der Waals surface area contributed by atoms with E-state index < -0.39 is 0 Å². The summed E-state index contributed by atoms with van der Waals surface area (Å²) >= 11 is 0. The second kappa shape index (κ2) is 6.47. The maximum atomic E-state index is 12.4. The first-order valence-corrected chi connectivity index (χ1v) is 7.14. The standard InChI is InChI=1S/C15H21N5O/c1-5-11(13-7-9-17-20(13)4)19-15(21)12-6-8-16-14(18-12)10(2)3/h6-11H,5H2,1-4H3,(H,19,21)/t11-/m1/s1. The lowest BCUT2D eigenvalue weighted by Crippen LogP contribution is -2.30. The van der Waals surface area contributed by atoms with E-state index in [1.54, 1.807) is 23.1 Å². The molecule has 1 amide bonds. The Kier molecular flexibility index (Phi) is 4.67. The summed E-state index contributed by atoms with van der Waals surface area (Å²) in [6, 6.07) is 3.47. The van der Waals surface area contributed by atoms with E-state index >= 15 is 0 Å². The van der Waals surface area contributed by atoms with Gasteiger partial charge in [-0.1, -0.05) is 20.8 Å². The number of carbonyl (C=O) groups is 1. The SMILES string of the molecule is CC[C@@H](NC(=O)c1ccnc(C(C)C)n1)c1ccnn1C. The zero-order valence-corrected chi connectivity index (χ0v) is 12.9. The predicted molar refractivity (Wildman–Crippen MR) is 79.8 cm³/mol. The molecule has 6 nitrogen and oxygen atoms in total. The van der Waals surface area contributed by atoms with Crippen LogP contribution in [0.3, 0.4) is 0 Å². The number of amides is 1. The summed E-state index contributed by atoms with van der Waals surface area (Å²) < 4.78 is 1.77. The number of hydrogen-bond acceptors (Lipinski definition) is 4. The maximum Gasteiger partial charge on any atom is 0.270 e. The summed E-state index contributed by atoms with van der Waals surface area (Å²) in [4.78, 5) is 20.9. The number of rotatable bonds is 5. The van der Waals surface area contributed by atoms with Crippen molar-refractivity contribution in [3.63, 3.8) is 0 Å². The van der Waals surface area contributed by atoms with Gasteiger partial charge in [-0.15, -0.1) is 0 Å². The summed E-state index contributed by atoms with van der Waals surface area (Å²) in [6.45, 7) is 6.03. The largest absolute Gasteiger partial charge is 0.342 e. The molecule has 0 aromatic carbocycles. The monoisotopic (exact) mass is 287 g/mol. The molecule has 0 fully saturated rings. The Morgan fingerprint density at radius 1 is 1.33 bits per heavy atom. The molecule has 6 heteroatoms. The van der Waals surface area contributed by atoms with Crippen LogP contribution in [0.25, 0.3) is 0 Å². The van der Waals surface area contributed by atoms with Crippen molar-refractivity contribution >= 4 is 5.91 Å². The molecule has 0 unspecified atom stereocenters. The van der Waals surface area contributed by atoms with Crippen LogP contribution in [0, 0.1) is 0 Å². The van der Waals surface area contributed by atoms with E-state index in [4.69, 9.17) is 0 Å². The van der Waals surface area contributed by atoms with E-state index in [1.807, 2.05) is 33.9 Å². The van der Waals surface area contributed by atoms with Gasteiger partial charge < -0.3 is 5.32 Å². The van der Waals surface area contributed by atoms with E-state index in [2.05, 4.69) is 20.4 Å². The molecule has 0 spiro atoms. The summed E-state index contributed by atoms with van der Waals surface area (Å²) in [7, 11) is 1.87. The third kappa shape index (κ3) is 3.45. The lowest BCUT2D eigenvalue weighted by atomic mass is 10.1. The van der Waals surface area contributed by atoms with Crippen molar-refractivity contribution in [1.29, 1.82) is 0 Å². The van der Waals surface area contributed by atoms with Crippen molar-refractivity contribution in [2.75, 3.05) is 0 Å². The molecule has 1 N–H and O–H groups in total. The summed E-state index contributed by atoms with van der Waals surface area (Å²) in [6.07, 6.45) is 4.14. The Labute approximate surface area is 124 Å². The molecule has 0 aliphatic heterocycles. The molecule has 2 aromatic rings. The Hall–Kier alpha value is -2.24. The molecule has 0 radical (unpaired) electrons. The van der Waals surface area contributed by atoms with E-state index in [1.165, 1.54) is 0 Å². The minimum Gasteiger partial charge on any atom is -0.342 e. The van der Waals surface area contributed by atoms with Crippen molar-refractivity contribution < 1.29 is 4.79 Å². The van der Waals surface area contributed by atoms with Crippen LogP contribution < -0.4 is 5.32 Å². The van der Waals surface area contributed by atoms with Gasteiger partial charge in [0.25, 0.3) is 5.91 Å². The average Bonchev–Trinajstić information content (AvgIpc) is 2.90. The van der Waals surface area contributed by atoms with Gasteiger partial charge >= 0.3 is 0 Å². The highest BCUT2D eigenvalue weighted by molar-refractivity contribution is 5.92. The topological polar surface area (TPSA) is 72.7 Å². The fourth-order valence-electron chi connectivity index (χ4n) is 2.12. The molecule has 0 saturated carbocycles. The molecule has 0 aliphatic rings. The van der Waals surface area contributed by atoms with E-state index in [9.17, 15) is 4.79 Å². The van der Waals surface area contributed by atoms with Gasteiger partial charge in [0.15, 0.2) is 0 Å². The highest BCUT2D eigenvalue weighted by Crippen LogP contribution is 2.16. The molecule has 1 atom stereocenters. The fourth-order valence-corrected chi connectivity index (χ4v) is 2.12. The molecule has 0 aliphatic carbocycles. The van der Waals surface area contributed by atoms with Crippen LogP contribution in [0.5, 0.6) is 0 Å². The van der Waals surface area contributed by atoms with E-state index in [-0.39, 0.29) is 17.9 Å². The maximum absolute atomic E-state index is 12.4. The molecule has 0 saturated heterocycles. The van der Waals surface area contributed by atoms with Crippen LogP contribution in [-0.2, 0) is 7.05 Å². The Balaban J connectivity index is 2.17.